The molecule has 1 aliphatic heterocycles. The van der Waals surface area contributed by atoms with Crippen LogP contribution in [0, 0.1) is 5.92 Å². The zero-order chi connectivity index (χ0) is 24.9. The maximum atomic E-state index is 12.4. The number of hydrogen-bond acceptors (Lipinski definition) is 5. The van der Waals surface area contributed by atoms with E-state index in [9.17, 15) is 24.3 Å². The Bertz CT molecular complexity index is 1090. The first-order valence-electron chi connectivity index (χ1n) is 11.7. The second-order valence-electron chi connectivity index (χ2n) is 9.03. The summed E-state index contributed by atoms with van der Waals surface area (Å²) >= 11 is 0. The van der Waals surface area contributed by atoms with Crippen molar-refractivity contribution in [3.05, 3.63) is 59.7 Å². The molecule has 1 heterocycles. The Morgan fingerprint density at radius 1 is 0.971 bits per heavy atom. The number of aliphatic carboxylic acids is 1. The molecule has 3 amide bonds. The summed E-state index contributed by atoms with van der Waals surface area (Å²) in [5.41, 5.74) is 4.41. The van der Waals surface area contributed by atoms with Gasteiger partial charge in [0.15, 0.2) is 0 Å². The fourth-order valence-electron chi connectivity index (χ4n) is 4.81. The van der Waals surface area contributed by atoms with Crippen molar-refractivity contribution in [1.82, 2.24) is 15.5 Å². The van der Waals surface area contributed by atoms with E-state index in [1.54, 1.807) is 0 Å². The number of amides is 3. The first-order valence-corrected chi connectivity index (χ1v) is 11.7. The van der Waals surface area contributed by atoms with Crippen molar-refractivity contribution in [2.75, 3.05) is 26.2 Å². The van der Waals surface area contributed by atoms with Gasteiger partial charge in [-0.1, -0.05) is 55.5 Å². The Kier molecular flexibility index (Phi) is 7.33. The number of rotatable bonds is 7. The summed E-state index contributed by atoms with van der Waals surface area (Å²) < 4.78 is 5.39. The molecular weight excluding hydrogens is 450 g/mol. The third-order valence-electron chi connectivity index (χ3n) is 6.64. The van der Waals surface area contributed by atoms with Crippen molar-refractivity contribution >= 4 is 23.9 Å². The van der Waals surface area contributed by atoms with Crippen LogP contribution >= 0.6 is 0 Å². The van der Waals surface area contributed by atoms with E-state index in [1.807, 2.05) is 55.5 Å². The summed E-state index contributed by atoms with van der Waals surface area (Å²) in [4.78, 5) is 49.6. The van der Waals surface area contributed by atoms with E-state index in [2.05, 4.69) is 10.6 Å². The zero-order valence-electron chi connectivity index (χ0n) is 19.5. The van der Waals surface area contributed by atoms with Crippen LogP contribution in [0.2, 0.25) is 0 Å². The van der Waals surface area contributed by atoms with E-state index in [4.69, 9.17) is 4.74 Å². The molecule has 2 aromatic rings. The molecule has 0 spiro atoms. The summed E-state index contributed by atoms with van der Waals surface area (Å²) in [5.74, 6) is -1.94. The largest absolute Gasteiger partial charge is 0.480 e. The van der Waals surface area contributed by atoms with Gasteiger partial charge >= 0.3 is 12.1 Å². The number of carbonyl (C=O) groups excluding carboxylic acids is 3. The van der Waals surface area contributed by atoms with Gasteiger partial charge in [0.25, 0.3) is 0 Å². The highest BCUT2D eigenvalue weighted by Gasteiger charge is 2.34. The van der Waals surface area contributed by atoms with Gasteiger partial charge in [-0.15, -0.1) is 0 Å². The van der Waals surface area contributed by atoms with E-state index >= 15 is 0 Å². The maximum absolute atomic E-state index is 12.4. The molecule has 0 aromatic heterocycles. The highest BCUT2D eigenvalue weighted by atomic mass is 16.5. The first-order chi connectivity index (χ1) is 16.8. The summed E-state index contributed by atoms with van der Waals surface area (Å²) in [6.45, 7) is 1.73. The van der Waals surface area contributed by atoms with Gasteiger partial charge in [-0.3, -0.25) is 9.59 Å². The molecule has 4 rings (SSSR count). The summed E-state index contributed by atoms with van der Waals surface area (Å²) in [6.07, 6.45) is 0.370. The summed E-state index contributed by atoms with van der Waals surface area (Å²) in [6, 6.07) is 15.1. The van der Waals surface area contributed by atoms with Gasteiger partial charge in [0, 0.05) is 12.5 Å². The van der Waals surface area contributed by atoms with Crippen molar-refractivity contribution in [2.45, 2.75) is 31.7 Å². The first kappa shape index (κ1) is 24.3. The van der Waals surface area contributed by atoms with Gasteiger partial charge in [-0.25, -0.2) is 9.59 Å². The third-order valence-corrected chi connectivity index (χ3v) is 6.64. The molecule has 1 aliphatic carbocycles. The van der Waals surface area contributed by atoms with Crippen LogP contribution in [-0.4, -0.2) is 66.2 Å². The van der Waals surface area contributed by atoms with Crippen LogP contribution < -0.4 is 10.6 Å². The molecule has 9 nitrogen and oxygen atoms in total. The lowest BCUT2D eigenvalue weighted by atomic mass is 9.92. The average molecular weight is 480 g/mol. The highest BCUT2D eigenvalue weighted by molar-refractivity contribution is 5.89. The van der Waals surface area contributed by atoms with Gasteiger partial charge in [0.2, 0.25) is 11.8 Å². The minimum Gasteiger partial charge on any atom is -0.480 e. The second kappa shape index (κ2) is 10.6. The number of alkyl carbamates (subject to hydrolysis) is 1. The third kappa shape index (κ3) is 5.45. The summed E-state index contributed by atoms with van der Waals surface area (Å²) in [7, 11) is 0. The van der Waals surface area contributed by atoms with E-state index in [0.29, 0.717) is 19.4 Å². The number of carboxylic acids is 1. The lowest BCUT2D eigenvalue weighted by Gasteiger charge is -2.36. The van der Waals surface area contributed by atoms with Crippen LogP contribution in [0.25, 0.3) is 11.1 Å². The standard InChI is InChI=1S/C26H29N3O6/c1-16-10-11-29(22(12-16)25(32)33)24(31)14-27-23(30)13-28-26(34)35-15-21-19-8-4-2-6-17(19)18-7-3-5-9-20(18)21/h2-9,16,21-22H,10-15H2,1H3,(H,27,30)(H,28,34)(H,32,33). The van der Waals surface area contributed by atoms with Gasteiger partial charge in [0.05, 0.1) is 6.54 Å². The number of carbonyl (C=O) groups is 4. The van der Waals surface area contributed by atoms with Crippen molar-refractivity contribution < 1.29 is 29.0 Å². The van der Waals surface area contributed by atoms with Gasteiger partial charge in [-0.2, -0.15) is 0 Å². The zero-order valence-corrected chi connectivity index (χ0v) is 19.5. The Balaban J connectivity index is 1.23. The number of nitrogens with one attached hydrogen (secondary N) is 2. The Morgan fingerprint density at radius 2 is 1.60 bits per heavy atom. The Labute approximate surface area is 203 Å². The topological polar surface area (TPSA) is 125 Å². The monoisotopic (exact) mass is 479 g/mol. The molecule has 0 radical (unpaired) electrons. The second-order valence-corrected chi connectivity index (χ2v) is 9.03. The Morgan fingerprint density at radius 3 is 2.23 bits per heavy atom. The number of hydrogen-bond donors (Lipinski definition) is 3. The SMILES string of the molecule is CC1CCN(C(=O)CNC(=O)CNC(=O)OCC2c3ccccc3-c3ccccc32)C(C(=O)O)C1. The molecule has 1 saturated heterocycles. The number of ether oxygens (including phenoxy) is 1. The van der Waals surface area contributed by atoms with Crippen molar-refractivity contribution in [2.24, 2.45) is 5.92 Å². The predicted molar refractivity (Wildman–Crippen MR) is 128 cm³/mol. The van der Waals surface area contributed by atoms with Crippen LogP contribution in [0.1, 0.15) is 36.8 Å². The molecular formula is C26H29N3O6. The highest BCUT2D eigenvalue weighted by Crippen LogP contribution is 2.44. The number of benzene rings is 2. The van der Waals surface area contributed by atoms with E-state index in [-0.39, 0.29) is 31.5 Å². The van der Waals surface area contributed by atoms with Crippen LogP contribution in [0.3, 0.4) is 0 Å². The Hall–Kier alpha value is -3.88. The number of nitrogens with zero attached hydrogens (tertiary/aromatic N) is 1. The van der Waals surface area contributed by atoms with E-state index in [0.717, 1.165) is 22.3 Å². The normalized spacial score (nSPS) is 18.8. The van der Waals surface area contributed by atoms with Crippen molar-refractivity contribution in [3.8, 4) is 11.1 Å². The molecule has 2 aliphatic rings. The maximum Gasteiger partial charge on any atom is 0.407 e. The van der Waals surface area contributed by atoms with Gasteiger partial charge < -0.3 is 25.4 Å². The van der Waals surface area contributed by atoms with E-state index < -0.39 is 29.9 Å². The number of fused-ring (bicyclic) bond motifs is 3. The molecule has 35 heavy (non-hydrogen) atoms. The predicted octanol–water partition coefficient (Wildman–Crippen LogP) is 2.35. The fraction of sp³-hybridized carbons (Fsp3) is 0.385. The van der Waals surface area contributed by atoms with Crippen LogP contribution in [0.15, 0.2) is 48.5 Å². The molecule has 2 unspecified atom stereocenters. The molecule has 1 fully saturated rings. The van der Waals surface area contributed by atoms with Gasteiger partial charge in [0.1, 0.15) is 19.2 Å². The minimum absolute atomic E-state index is 0.0889. The lowest BCUT2D eigenvalue weighted by Crippen LogP contribution is -2.53. The number of carboxylic acid groups (broad SMARTS) is 1. The molecule has 3 N–H and O–H groups in total. The smallest absolute Gasteiger partial charge is 0.407 e. The van der Waals surface area contributed by atoms with Crippen LogP contribution in [-0.2, 0) is 19.1 Å². The molecule has 2 atom stereocenters. The molecule has 2 aromatic carbocycles. The number of piperidine rings is 1. The van der Waals surface area contributed by atoms with Crippen LogP contribution in [0.4, 0.5) is 4.79 Å². The van der Waals surface area contributed by atoms with Crippen molar-refractivity contribution in [1.29, 1.82) is 0 Å². The van der Waals surface area contributed by atoms with E-state index in [1.165, 1.54) is 4.90 Å². The molecule has 184 valence electrons. The van der Waals surface area contributed by atoms with Crippen LogP contribution in [0.5, 0.6) is 0 Å². The lowest BCUT2D eigenvalue weighted by molar-refractivity contribution is -0.152. The molecule has 0 saturated carbocycles. The molecule has 0 bridgehead atoms. The van der Waals surface area contributed by atoms with Gasteiger partial charge in [-0.05, 0) is 41.0 Å². The minimum atomic E-state index is -1.05. The summed E-state index contributed by atoms with van der Waals surface area (Å²) in [5, 5.41) is 14.2. The molecule has 9 heteroatoms. The average Bonchev–Trinajstić information content (AvgIpc) is 3.18. The fourth-order valence-corrected chi connectivity index (χ4v) is 4.81. The quantitative estimate of drug-likeness (QED) is 0.560. The van der Waals surface area contributed by atoms with Crippen molar-refractivity contribution in [3.63, 3.8) is 0 Å². The number of likely N-dealkylation sites (tertiary alicyclic amines) is 1.